The van der Waals surface area contributed by atoms with Crippen LogP contribution in [-0.2, 0) is 11.2 Å². The van der Waals surface area contributed by atoms with E-state index < -0.39 is 5.97 Å². The highest BCUT2D eigenvalue weighted by atomic mass is 32.1. The van der Waals surface area contributed by atoms with Crippen LogP contribution in [0.25, 0.3) is 21.3 Å². The molecule has 94 valence electrons. The first kappa shape index (κ1) is 11.9. The molecule has 0 fully saturated rings. The number of hydrogen-bond donors (Lipinski definition) is 1. The SMILES string of the molecule is O=C(O)Cc1ccc(-c2cccc3cccnc23)s1. The average molecular weight is 269 g/mol. The molecule has 4 heteroatoms. The van der Waals surface area contributed by atoms with Gasteiger partial charge in [0, 0.05) is 26.9 Å². The number of rotatable bonds is 3. The van der Waals surface area contributed by atoms with E-state index in [1.165, 1.54) is 11.3 Å². The van der Waals surface area contributed by atoms with Gasteiger partial charge in [0.2, 0.25) is 0 Å². The number of aliphatic carboxylic acids is 1. The van der Waals surface area contributed by atoms with E-state index in [-0.39, 0.29) is 6.42 Å². The minimum atomic E-state index is -0.801. The van der Waals surface area contributed by atoms with Crippen molar-refractivity contribution in [2.24, 2.45) is 0 Å². The largest absolute Gasteiger partial charge is 0.481 e. The van der Waals surface area contributed by atoms with E-state index in [0.29, 0.717) is 0 Å². The number of carbonyl (C=O) groups is 1. The smallest absolute Gasteiger partial charge is 0.308 e. The van der Waals surface area contributed by atoms with E-state index in [1.807, 2.05) is 42.5 Å². The van der Waals surface area contributed by atoms with Crippen LogP contribution in [0.2, 0.25) is 0 Å². The maximum Gasteiger partial charge on any atom is 0.308 e. The Kier molecular flexibility index (Phi) is 3.01. The number of fused-ring (bicyclic) bond motifs is 1. The lowest BCUT2D eigenvalue weighted by Gasteiger charge is -2.02. The van der Waals surface area contributed by atoms with Crippen molar-refractivity contribution in [3.05, 3.63) is 53.5 Å². The van der Waals surface area contributed by atoms with Crippen LogP contribution in [0, 0.1) is 0 Å². The van der Waals surface area contributed by atoms with Crippen LogP contribution in [-0.4, -0.2) is 16.1 Å². The highest BCUT2D eigenvalue weighted by Gasteiger charge is 2.09. The lowest BCUT2D eigenvalue weighted by Crippen LogP contribution is -1.96. The second-order valence-corrected chi connectivity index (χ2v) is 5.39. The Hall–Kier alpha value is -2.20. The predicted octanol–water partition coefficient (Wildman–Crippen LogP) is 3.59. The molecule has 2 heterocycles. The fraction of sp³-hybridized carbons (Fsp3) is 0.0667. The summed E-state index contributed by atoms with van der Waals surface area (Å²) in [5.74, 6) is -0.801. The van der Waals surface area contributed by atoms with Gasteiger partial charge >= 0.3 is 5.97 Å². The zero-order valence-corrected chi connectivity index (χ0v) is 10.9. The number of pyridine rings is 1. The summed E-state index contributed by atoms with van der Waals surface area (Å²) in [6.07, 6.45) is 1.85. The Balaban J connectivity index is 2.09. The molecule has 0 amide bonds. The van der Waals surface area contributed by atoms with Gasteiger partial charge in [-0.3, -0.25) is 9.78 Å². The summed E-state index contributed by atoms with van der Waals surface area (Å²) in [7, 11) is 0. The van der Waals surface area contributed by atoms with Crippen molar-refractivity contribution in [1.29, 1.82) is 0 Å². The lowest BCUT2D eigenvalue weighted by molar-refractivity contribution is -0.136. The number of hydrogen-bond acceptors (Lipinski definition) is 3. The first-order valence-corrected chi connectivity index (χ1v) is 6.70. The van der Waals surface area contributed by atoms with Crippen molar-refractivity contribution >= 4 is 28.2 Å². The third-order valence-corrected chi connectivity index (χ3v) is 4.00. The summed E-state index contributed by atoms with van der Waals surface area (Å²) < 4.78 is 0. The van der Waals surface area contributed by atoms with Crippen molar-refractivity contribution in [2.45, 2.75) is 6.42 Å². The zero-order valence-electron chi connectivity index (χ0n) is 10.0. The van der Waals surface area contributed by atoms with Crippen molar-refractivity contribution < 1.29 is 9.90 Å². The monoisotopic (exact) mass is 269 g/mol. The molecule has 19 heavy (non-hydrogen) atoms. The van der Waals surface area contributed by atoms with E-state index in [2.05, 4.69) is 4.98 Å². The molecule has 0 saturated heterocycles. The number of carboxylic acid groups (broad SMARTS) is 1. The van der Waals surface area contributed by atoms with Gasteiger partial charge in [-0.25, -0.2) is 0 Å². The molecule has 0 unspecified atom stereocenters. The number of nitrogens with zero attached hydrogens (tertiary/aromatic N) is 1. The van der Waals surface area contributed by atoms with Crippen LogP contribution >= 0.6 is 11.3 Å². The molecule has 2 aromatic heterocycles. The van der Waals surface area contributed by atoms with Gasteiger partial charge in [-0.1, -0.05) is 24.3 Å². The summed E-state index contributed by atoms with van der Waals surface area (Å²) >= 11 is 1.51. The molecule has 3 nitrogen and oxygen atoms in total. The summed E-state index contributed by atoms with van der Waals surface area (Å²) in [6, 6.07) is 13.8. The molecular weight excluding hydrogens is 258 g/mol. The number of carboxylic acids is 1. The molecule has 0 aliphatic carbocycles. The summed E-state index contributed by atoms with van der Waals surface area (Å²) in [5.41, 5.74) is 2.01. The topological polar surface area (TPSA) is 50.2 Å². The van der Waals surface area contributed by atoms with Crippen molar-refractivity contribution in [2.75, 3.05) is 0 Å². The molecule has 0 radical (unpaired) electrons. The van der Waals surface area contributed by atoms with E-state index in [0.717, 1.165) is 26.2 Å². The third-order valence-electron chi connectivity index (χ3n) is 2.89. The number of para-hydroxylation sites is 1. The van der Waals surface area contributed by atoms with Crippen molar-refractivity contribution in [3.8, 4) is 10.4 Å². The Labute approximate surface area is 114 Å². The third kappa shape index (κ3) is 2.35. The molecule has 0 atom stereocenters. The van der Waals surface area contributed by atoms with Crippen LogP contribution in [0.15, 0.2) is 48.7 Å². The molecule has 0 aliphatic rings. The van der Waals surface area contributed by atoms with Gasteiger partial charge in [0.05, 0.1) is 11.9 Å². The van der Waals surface area contributed by atoms with Crippen LogP contribution in [0.4, 0.5) is 0 Å². The number of thiophene rings is 1. The maximum absolute atomic E-state index is 10.7. The van der Waals surface area contributed by atoms with Crippen LogP contribution < -0.4 is 0 Å². The summed E-state index contributed by atoms with van der Waals surface area (Å²) in [6.45, 7) is 0. The first-order chi connectivity index (χ1) is 9.24. The quantitative estimate of drug-likeness (QED) is 0.790. The normalized spacial score (nSPS) is 10.7. The van der Waals surface area contributed by atoms with Crippen LogP contribution in [0.5, 0.6) is 0 Å². The average Bonchev–Trinajstić information content (AvgIpc) is 2.85. The minimum Gasteiger partial charge on any atom is -0.481 e. The van der Waals surface area contributed by atoms with Crippen molar-refractivity contribution in [1.82, 2.24) is 4.98 Å². The molecule has 0 saturated carbocycles. The molecule has 1 aromatic carbocycles. The predicted molar refractivity (Wildman–Crippen MR) is 76.4 cm³/mol. The molecule has 3 aromatic rings. The van der Waals surface area contributed by atoms with Gasteiger partial charge in [0.25, 0.3) is 0 Å². The van der Waals surface area contributed by atoms with Gasteiger partial charge in [0.15, 0.2) is 0 Å². The molecule has 0 bridgehead atoms. The van der Waals surface area contributed by atoms with Crippen molar-refractivity contribution in [3.63, 3.8) is 0 Å². The van der Waals surface area contributed by atoms with E-state index in [4.69, 9.17) is 5.11 Å². The highest BCUT2D eigenvalue weighted by Crippen LogP contribution is 2.32. The molecule has 3 rings (SSSR count). The molecule has 0 spiro atoms. The summed E-state index contributed by atoms with van der Waals surface area (Å²) in [5, 5.41) is 9.90. The van der Waals surface area contributed by atoms with Gasteiger partial charge in [-0.05, 0) is 18.2 Å². The molecule has 0 aliphatic heterocycles. The number of benzene rings is 1. The van der Waals surface area contributed by atoms with Crippen LogP contribution in [0.1, 0.15) is 4.88 Å². The Morgan fingerprint density at radius 2 is 2.00 bits per heavy atom. The van der Waals surface area contributed by atoms with E-state index in [9.17, 15) is 4.79 Å². The molecular formula is C15H11NO2S. The number of aromatic nitrogens is 1. The van der Waals surface area contributed by atoms with E-state index >= 15 is 0 Å². The van der Waals surface area contributed by atoms with Gasteiger partial charge in [-0.2, -0.15) is 0 Å². The Morgan fingerprint density at radius 1 is 1.16 bits per heavy atom. The second-order valence-electron chi connectivity index (χ2n) is 4.22. The lowest BCUT2D eigenvalue weighted by atomic mass is 10.1. The standard InChI is InChI=1S/C15H11NO2S/c17-14(18)9-11-6-7-13(19-11)12-5-1-3-10-4-2-8-16-15(10)12/h1-8H,9H2,(H,17,18). The molecule has 1 N–H and O–H groups in total. The van der Waals surface area contributed by atoms with Gasteiger partial charge in [0.1, 0.15) is 0 Å². The zero-order chi connectivity index (χ0) is 13.2. The minimum absolute atomic E-state index is 0.0723. The van der Waals surface area contributed by atoms with Gasteiger partial charge < -0.3 is 5.11 Å². The highest BCUT2D eigenvalue weighted by molar-refractivity contribution is 7.15. The summed E-state index contributed by atoms with van der Waals surface area (Å²) in [4.78, 5) is 17.1. The second kappa shape index (κ2) is 4.82. The Bertz CT molecular complexity index is 743. The fourth-order valence-electron chi connectivity index (χ4n) is 2.07. The maximum atomic E-state index is 10.7. The first-order valence-electron chi connectivity index (χ1n) is 5.88. The Morgan fingerprint density at radius 3 is 2.84 bits per heavy atom. The van der Waals surface area contributed by atoms with E-state index in [1.54, 1.807) is 6.20 Å². The van der Waals surface area contributed by atoms with Crippen LogP contribution in [0.3, 0.4) is 0 Å². The fourth-order valence-corrected chi connectivity index (χ4v) is 3.09. The van der Waals surface area contributed by atoms with Gasteiger partial charge in [-0.15, -0.1) is 11.3 Å².